The number of hydrogen-bond acceptors (Lipinski definition) is 4. The summed E-state index contributed by atoms with van der Waals surface area (Å²) >= 11 is 0. The Bertz CT molecular complexity index is 806. The maximum atomic E-state index is 5.20. The molecule has 0 unspecified atom stereocenters. The molecule has 3 aromatic carbocycles. The van der Waals surface area contributed by atoms with Crippen LogP contribution >= 0.6 is 0 Å². The Morgan fingerprint density at radius 3 is 1.40 bits per heavy atom. The monoisotopic (exact) mass is 404 g/mol. The van der Waals surface area contributed by atoms with Crippen molar-refractivity contribution in [1.82, 2.24) is 10.6 Å². The first-order valence-electron chi connectivity index (χ1n) is 10.5. The zero-order valence-corrected chi connectivity index (χ0v) is 18.0. The molecule has 0 bridgehead atoms. The Morgan fingerprint density at radius 2 is 1.00 bits per heavy atom. The van der Waals surface area contributed by atoms with Crippen LogP contribution in [0.1, 0.15) is 22.3 Å². The molecule has 3 rings (SSSR count). The lowest BCUT2D eigenvalue weighted by Gasteiger charge is -2.09. The van der Waals surface area contributed by atoms with Crippen LogP contribution in [0, 0.1) is 0 Å². The van der Waals surface area contributed by atoms with Gasteiger partial charge in [-0.25, -0.2) is 0 Å². The Kier molecular flexibility index (Phi) is 8.76. The summed E-state index contributed by atoms with van der Waals surface area (Å²) in [5, 5.41) is 7.08. The molecule has 158 valence electrons. The molecule has 0 heterocycles. The highest BCUT2D eigenvalue weighted by Gasteiger charge is 1.99. The zero-order valence-electron chi connectivity index (χ0n) is 18.0. The van der Waals surface area contributed by atoms with Crippen LogP contribution in [0.4, 0.5) is 0 Å². The molecule has 0 saturated carbocycles. The number of rotatable bonds is 12. The number of benzene rings is 3. The summed E-state index contributed by atoms with van der Waals surface area (Å²) < 4.78 is 10.4. The van der Waals surface area contributed by atoms with Gasteiger partial charge in [-0.2, -0.15) is 0 Å². The molecular formula is C26H32N2O2. The Balaban J connectivity index is 1.35. The van der Waals surface area contributed by atoms with Crippen LogP contribution in [0.2, 0.25) is 0 Å². The standard InChI is InChI=1S/C26H32N2O2/c1-29-25-10-6-21(7-11-25)14-16-27-19-23-4-3-5-24(18-23)20-28-17-15-22-8-12-26(30-2)13-9-22/h3-13,18,27-28H,14-17,19-20H2,1-2H3. The normalized spacial score (nSPS) is 10.7. The molecule has 4 nitrogen and oxygen atoms in total. The van der Waals surface area contributed by atoms with E-state index in [9.17, 15) is 0 Å². The summed E-state index contributed by atoms with van der Waals surface area (Å²) in [6.07, 6.45) is 2.02. The Hall–Kier alpha value is -2.82. The van der Waals surface area contributed by atoms with Crippen molar-refractivity contribution < 1.29 is 9.47 Å². The molecule has 0 aromatic heterocycles. The number of hydrogen-bond donors (Lipinski definition) is 2. The van der Waals surface area contributed by atoms with E-state index in [0.29, 0.717) is 0 Å². The lowest BCUT2D eigenvalue weighted by Crippen LogP contribution is -2.18. The highest BCUT2D eigenvalue weighted by molar-refractivity contribution is 5.28. The van der Waals surface area contributed by atoms with Crippen molar-refractivity contribution in [3.05, 3.63) is 95.1 Å². The molecule has 0 radical (unpaired) electrons. The van der Waals surface area contributed by atoms with Crippen molar-refractivity contribution in [2.45, 2.75) is 25.9 Å². The van der Waals surface area contributed by atoms with Gasteiger partial charge >= 0.3 is 0 Å². The SMILES string of the molecule is COc1ccc(CCNCc2cccc(CNCCc3ccc(OC)cc3)c2)cc1. The predicted octanol–water partition coefficient (Wildman–Crippen LogP) is 4.37. The van der Waals surface area contributed by atoms with Crippen LogP contribution in [0.25, 0.3) is 0 Å². The number of ether oxygens (including phenoxy) is 2. The Morgan fingerprint density at radius 1 is 0.567 bits per heavy atom. The quantitative estimate of drug-likeness (QED) is 0.440. The van der Waals surface area contributed by atoms with Gasteiger partial charge in [0, 0.05) is 13.1 Å². The van der Waals surface area contributed by atoms with Gasteiger partial charge in [-0.05, 0) is 72.5 Å². The van der Waals surface area contributed by atoms with Crippen molar-refractivity contribution in [3.63, 3.8) is 0 Å². The third kappa shape index (κ3) is 7.21. The molecule has 0 saturated heterocycles. The zero-order chi connectivity index (χ0) is 21.0. The van der Waals surface area contributed by atoms with E-state index in [0.717, 1.165) is 50.5 Å². The average molecular weight is 405 g/mol. The van der Waals surface area contributed by atoms with E-state index < -0.39 is 0 Å². The van der Waals surface area contributed by atoms with E-state index in [1.807, 2.05) is 24.3 Å². The second-order valence-electron chi connectivity index (χ2n) is 7.37. The molecule has 0 aliphatic heterocycles. The number of methoxy groups -OCH3 is 2. The summed E-state index contributed by atoms with van der Waals surface area (Å²) in [4.78, 5) is 0. The molecule has 30 heavy (non-hydrogen) atoms. The molecule has 4 heteroatoms. The van der Waals surface area contributed by atoms with E-state index in [1.54, 1.807) is 14.2 Å². The summed E-state index contributed by atoms with van der Waals surface area (Å²) in [5.74, 6) is 1.81. The van der Waals surface area contributed by atoms with Crippen LogP contribution in [-0.4, -0.2) is 27.3 Å². The topological polar surface area (TPSA) is 42.5 Å². The first kappa shape index (κ1) is 21.9. The van der Waals surface area contributed by atoms with Crippen LogP contribution in [0.5, 0.6) is 11.5 Å². The fourth-order valence-electron chi connectivity index (χ4n) is 3.36. The van der Waals surface area contributed by atoms with Crippen molar-refractivity contribution in [3.8, 4) is 11.5 Å². The molecule has 0 aliphatic rings. The third-order valence-electron chi connectivity index (χ3n) is 5.15. The van der Waals surface area contributed by atoms with Gasteiger partial charge in [-0.1, -0.05) is 48.5 Å². The van der Waals surface area contributed by atoms with Gasteiger partial charge in [0.25, 0.3) is 0 Å². The van der Waals surface area contributed by atoms with E-state index in [-0.39, 0.29) is 0 Å². The van der Waals surface area contributed by atoms with E-state index >= 15 is 0 Å². The van der Waals surface area contributed by atoms with E-state index in [4.69, 9.17) is 9.47 Å². The molecule has 0 amide bonds. The van der Waals surface area contributed by atoms with Crippen molar-refractivity contribution in [1.29, 1.82) is 0 Å². The molecule has 0 aliphatic carbocycles. The molecule has 0 atom stereocenters. The summed E-state index contributed by atoms with van der Waals surface area (Å²) in [5.41, 5.74) is 5.27. The van der Waals surface area contributed by atoms with Gasteiger partial charge in [0.15, 0.2) is 0 Å². The minimum absolute atomic E-state index is 0.885. The van der Waals surface area contributed by atoms with E-state index in [2.05, 4.69) is 59.2 Å². The van der Waals surface area contributed by atoms with Gasteiger partial charge < -0.3 is 20.1 Å². The average Bonchev–Trinajstić information content (AvgIpc) is 2.81. The Labute approximate surface area is 180 Å². The second kappa shape index (κ2) is 12.0. The molecule has 3 aromatic rings. The van der Waals surface area contributed by atoms with Crippen LogP contribution < -0.4 is 20.1 Å². The summed E-state index contributed by atoms with van der Waals surface area (Å²) in [6, 6.07) is 25.3. The van der Waals surface area contributed by atoms with Crippen LogP contribution in [0.15, 0.2) is 72.8 Å². The second-order valence-corrected chi connectivity index (χ2v) is 7.37. The predicted molar refractivity (Wildman–Crippen MR) is 123 cm³/mol. The van der Waals surface area contributed by atoms with Gasteiger partial charge in [0.05, 0.1) is 14.2 Å². The maximum absolute atomic E-state index is 5.20. The largest absolute Gasteiger partial charge is 0.497 e. The summed E-state index contributed by atoms with van der Waals surface area (Å²) in [6.45, 7) is 3.68. The fourth-order valence-corrected chi connectivity index (χ4v) is 3.36. The first-order valence-corrected chi connectivity index (χ1v) is 10.5. The highest BCUT2D eigenvalue weighted by Crippen LogP contribution is 2.12. The van der Waals surface area contributed by atoms with Gasteiger partial charge in [-0.15, -0.1) is 0 Å². The van der Waals surface area contributed by atoms with Crippen molar-refractivity contribution in [2.24, 2.45) is 0 Å². The fraction of sp³-hybridized carbons (Fsp3) is 0.308. The van der Waals surface area contributed by atoms with E-state index in [1.165, 1.54) is 22.3 Å². The molecular weight excluding hydrogens is 372 g/mol. The first-order chi connectivity index (χ1) is 14.8. The lowest BCUT2D eigenvalue weighted by atomic mass is 10.1. The van der Waals surface area contributed by atoms with Crippen molar-refractivity contribution >= 4 is 0 Å². The molecule has 0 spiro atoms. The molecule has 2 N–H and O–H groups in total. The van der Waals surface area contributed by atoms with Gasteiger partial charge in [-0.3, -0.25) is 0 Å². The summed E-state index contributed by atoms with van der Waals surface area (Å²) in [7, 11) is 3.39. The maximum Gasteiger partial charge on any atom is 0.118 e. The van der Waals surface area contributed by atoms with Gasteiger partial charge in [0.1, 0.15) is 11.5 Å². The van der Waals surface area contributed by atoms with Gasteiger partial charge in [0.2, 0.25) is 0 Å². The third-order valence-corrected chi connectivity index (χ3v) is 5.15. The minimum atomic E-state index is 0.885. The number of nitrogens with one attached hydrogen (secondary N) is 2. The molecule has 0 fully saturated rings. The van der Waals surface area contributed by atoms with Crippen LogP contribution in [-0.2, 0) is 25.9 Å². The highest BCUT2D eigenvalue weighted by atomic mass is 16.5. The smallest absolute Gasteiger partial charge is 0.118 e. The van der Waals surface area contributed by atoms with Crippen LogP contribution in [0.3, 0.4) is 0 Å². The van der Waals surface area contributed by atoms with Crippen molar-refractivity contribution in [2.75, 3.05) is 27.3 Å². The lowest BCUT2D eigenvalue weighted by molar-refractivity contribution is 0.414. The minimum Gasteiger partial charge on any atom is -0.497 e.